The van der Waals surface area contributed by atoms with Crippen molar-refractivity contribution in [2.75, 3.05) is 23.5 Å². The lowest BCUT2D eigenvalue weighted by atomic mass is 10.1. The number of halogens is 2. The highest BCUT2D eigenvalue weighted by Crippen LogP contribution is 2.27. The quantitative estimate of drug-likeness (QED) is 0.0992. The van der Waals surface area contributed by atoms with E-state index in [-0.39, 0.29) is 22.9 Å². The summed E-state index contributed by atoms with van der Waals surface area (Å²) in [5.41, 5.74) is 1.67. The molecule has 4 aromatic carbocycles. The van der Waals surface area contributed by atoms with Crippen LogP contribution in [0.2, 0.25) is 10.0 Å². The zero-order chi connectivity index (χ0) is 30.8. The second kappa shape index (κ2) is 15.1. The molecule has 0 spiro atoms. The molecule has 11 heteroatoms. The summed E-state index contributed by atoms with van der Waals surface area (Å²) in [5, 5.41) is 8.76. The van der Waals surface area contributed by atoms with Gasteiger partial charge in [-0.15, -0.1) is 11.8 Å². The Labute approximate surface area is 262 Å². The Morgan fingerprint density at radius 2 is 1.49 bits per heavy atom. The molecule has 8 nitrogen and oxygen atoms in total. The number of methoxy groups -OCH3 is 1. The van der Waals surface area contributed by atoms with E-state index in [1.54, 1.807) is 97.1 Å². The Morgan fingerprint density at radius 1 is 0.814 bits per heavy atom. The molecule has 3 N–H and O–H groups in total. The molecular weight excluding hydrogens is 609 g/mol. The predicted molar refractivity (Wildman–Crippen MR) is 171 cm³/mol. The monoisotopic (exact) mass is 633 g/mol. The van der Waals surface area contributed by atoms with Crippen molar-refractivity contribution in [3.63, 3.8) is 0 Å². The number of hydrogen-bond acceptors (Lipinski definition) is 6. The second-order valence-corrected chi connectivity index (χ2v) is 10.7. The third-order valence-electron chi connectivity index (χ3n) is 5.89. The van der Waals surface area contributed by atoms with Crippen LogP contribution in [0.1, 0.15) is 26.3 Å². The number of ether oxygens (including phenoxy) is 1. The number of nitrogens with one attached hydrogen (secondary N) is 3. The van der Waals surface area contributed by atoms with Gasteiger partial charge in [-0.05, 0) is 60.7 Å². The molecule has 0 radical (unpaired) electrons. The molecule has 3 amide bonds. The first-order chi connectivity index (χ1) is 20.7. The summed E-state index contributed by atoms with van der Waals surface area (Å²) in [4.78, 5) is 51.6. The van der Waals surface area contributed by atoms with Crippen molar-refractivity contribution in [1.82, 2.24) is 5.32 Å². The van der Waals surface area contributed by atoms with Crippen molar-refractivity contribution in [3.8, 4) is 0 Å². The zero-order valence-corrected chi connectivity index (χ0v) is 25.1. The molecule has 0 atom stereocenters. The SMILES string of the molecule is COC(=O)c1ccccc1NC(=O)CSc1cccc(NC(=O)/C(=C\c2c(Cl)cccc2Cl)NC(=O)c2ccccc2)c1. The molecule has 0 aliphatic carbocycles. The Kier molecular flexibility index (Phi) is 11.0. The van der Waals surface area contributed by atoms with Gasteiger partial charge in [-0.3, -0.25) is 14.4 Å². The molecule has 0 heterocycles. The normalized spacial score (nSPS) is 10.9. The van der Waals surface area contributed by atoms with Crippen LogP contribution in [0.3, 0.4) is 0 Å². The van der Waals surface area contributed by atoms with Crippen LogP contribution < -0.4 is 16.0 Å². The summed E-state index contributed by atoms with van der Waals surface area (Å²) >= 11 is 13.9. The van der Waals surface area contributed by atoms with Crippen LogP contribution in [0.5, 0.6) is 0 Å². The van der Waals surface area contributed by atoms with Crippen molar-refractivity contribution in [2.24, 2.45) is 0 Å². The van der Waals surface area contributed by atoms with E-state index in [4.69, 9.17) is 27.9 Å². The molecule has 0 aliphatic rings. The highest BCUT2D eigenvalue weighted by Gasteiger charge is 2.18. The summed E-state index contributed by atoms with van der Waals surface area (Å²) in [5.74, 6) is -1.96. The van der Waals surface area contributed by atoms with E-state index in [0.717, 1.165) is 0 Å². The lowest BCUT2D eigenvalue weighted by molar-refractivity contribution is -0.114. The van der Waals surface area contributed by atoms with Gasteiger partial charge in [0.2, 0.25) is 5.91 Å². The summed E-state index contributed by atoms with van der Waals surface area (Å²) in [7, 11) is 1.27. The average molecular weight is 635 g/mol. The molecule has 218 valence electrons. The molecule has 0 saturated carbocycles. The number of amides is 3. The zero-order valence-electron chi connectivity index (χ0n) is 22.7. The minimum absolute atomic E-state index is 0.0379. The molecular formula is C32H25Cl2N3O5S. The first kappa shape index (κ1) is 31.4. The number of benzene rings is 4. The Hall–Kier alpha value is -4.57. The van der Waals surface area contributed by atoms with Crippen LogP contribution in [0, 0.1) is 0 Å². The largest absolute Gasteiger partial charge is 0.465 e. The van der Waals surface area contributed by atoms with Crippen molar-refractivity contribution in [2.45, 2.75) is 4.90 Å². The molecule has 0 unspecified atom stereocenters. The fourth-order valence-corrected chi connectivity index (χ4v) is 5.07. The summed E-state index contributed by atoms with van der Waals surface area (Å²) in [6, 6.07) is 26.8. The molecule has 0 aliphatic heterocycles. The van der Waals surface area contributed by atoms with Crippen molar-refractivity contribution >= 4 is 76.1 Å². The number of thioether (sulfide) groups is 1. The van der Waals surface area contributed by atoms with Gasteiger partial charge in [-0.1, -0.05) is 65.7 Å². The van der Waals surface area contributed by atoms with Gasteiger partial charge in [0.1, 0.15) is 5.70 Å². The summed E-state index contributed by atoms with van der Waals surface area (Å²) in [6.07, 6.45) is 1.41. The maximum absolute atomic E-state index is 13.4. The highest BCUT2D eigenvalue weighted by molar-refractivity contribution is 8.00. The smallest absolute Gasteiger partial charge is 0.339 e. The third-order valence-corrected chi connectivity index (χ3v) is 7.54. The fraction of sp³-hybridized carbons (Fsp3) is 0.0625. The molecule has 0 aromatic heterocycles. The van der Waals surface area contributed by atoms with Gasteiger partial charge >= 0.3 is 5.97 Å². The minimum atomic E-state index is -0.612. The van der Waals surface area contributed by atoms with Gasteiger partial charge in [0.15, 0.2) is 0 Å². The third kappa shape index (κ3) is 8.71. The van der Waals surface area contributed by atoms with E-state index >= 15 is 0 Å². The second-order valence-electron chi connectivity index (χ2n) is 8.87. The van der Waals surface area contributed by atoms with Crippen LogP contribution >= 0.6 is 35.0 Å². The maximum Gasteiger partial charge on any atom is 0.339 e. The number of hydrogen-bond donors (Lipinski definition) is 3. The molecule has 0 bridgehead atoms. The molecule has 4 rings (SSSR count). The number of carbonyl (C=O) groups is 4. The Morgan fingerprint density at radius 3 is 2.21 bits per heavy atom. The molecule has 43 heavy (non-hydrogen) atoms. The number of rotatable bonds is 10. The number of esters is 1. The van der Waals surface area contributed by atoms with Crippen LogP contribution in [-0.2, 0) is 14.3 Å². The van der Waals surface area contributed by atoms with Crippen LogP contribution in [0.4, 0.5) is 11.4 Å². The van der Waals surface area contributed by atoms with Crippen molar-refractivity contribution < 1.29 is 23.9 Å². The predicted octanol–water partition coefficient (Wildman–Crippen LogP) is 6.92. The van der Waals surface area contributed by atoms with Gasteiger partial charge in [0.25, 0.3) is 11.8 Å². The van der Waals surface area contributed by atoms with Crippen LogP contribution in [-0.4, -0.2) is 36.6 Å². The number of anilines is 2. The fourth-order valence-electron chi connectivity index (χ4n) is 3.81. The average Bonchev–Trinajstić information content (AvgIpc) is 3.01. The van der Waals surface area contributed by atoms with Gasteiger partial charge in [-0.25, -0.2) is 4.79 Å². The standard InChI is InChI=1S/C32H25Cl2N3O5S/c1-42-32(41)23-13-5-6-16-27(23)36-29(38)19-43-22-12-7-11-21(17-22)35-31(40)28(18-24-25(33)14-8-15-26(24)34)37-30(39)20-9-3-2-4-10-20/h2-18H,19H2,1H3,(H,35,40)(H,36,38)(H,37,39)/b28-18+. The molecule has 4 aromatic rings. The van der Waals surface area contributed by atoms with Gasteiger partial charge in [0.05, 0.1) is 24.1 Å². The van der Waals surface area contributed by atoms with E-state index < -0.39 is 17.8 Å². The number of para-hydroxylation sites is 1. The maximum atomic E-state index is 13.4. The van der Waals surface area contributed by atoms with Crippen LogP contribution in [0.15, 0.2) is 108 Å². The molecule has 0 saturated heterocycles. The van der Waals surface area contributed by atoms with Crippen molar-refractivity contribution in [3.05, 3.63) is 129 Å². The number of carbonyl (C=O) groups excluding carboxylic acids is 4. The van der Waals surface area contributed by atoms with E-state index in [2.05, 4.69) is 16.0 Å². The minimum Gasteiger partial charge on any atom is -0.465 e. The lowest BCUT2D eigenvalue weighted by Gasteiger charge is -2.13. The van der Waals surface area contributed by atoms with E-state index in [1.807, 2.05) is 0 Å². The van der Waals surface area contributed by atoms with Gasteiger partial charge in [-0.2, -0.15) is 0 Å². The van der Waals surface area contributed by atoms with Crippen LogP contribution in [0.25, 0.3) is 6.08 Å². The topological polar surface area (TPSA) is 114 Å². The van der Waals surface area contributed by atoms with Gasteiger partial charge < -0.3 is 20.7 Å². The first-order valence-electron chi connectivity index (χ1n) is 12.8. The summed E-state index contributed by atoms with van der Waals surface area (Å²) < 4.78 is 4.77. The van der Waals surface area contributed by atoms with Crippen molar-refractivity contribution in [1.29, 1.82) is 0 Å². The summed E-state index contributed by atoms with van der Waals surface area (Å²) in [6.45, 7) is 0. The Bertz CT molecular complexity index is 1680. The van der Waals surface area contributed by atoms with Gasteiger partial charge in [0, 0.05) is 31.8 Å². The lowest BCUT2D eigenvalue weighted by Crippen LogP contribution is -2.30. The first-order valence-corrected chi connectivity index (χ1v) is 14.5. The highest BCUT2D eigenvalue weighted by atomic mass is 35.5. The van der Waals surface area contributed by atoms with E-state index in [0.29, 0.717) is 37.4 Å². The van der Waals surface area contributed by atoms with E-state index in [1.165, 1.54) is 24.9 Å². The molecule has 0 fully saturated rings. The Balaban J connectivity index is 1.48. The van der Waals surface area contributed by atoms with E-state index in [9.17, 15) is 19.2 Å².